The number of hydrogen-bond acceptors (Lipinski definition) is 7. The van der Waals surface area contributed by atoms with Crippen LogP contribution in [0.4, 0.5) is 11.4 Å². The summed E-state index contributed by atoms with van der Waals surface area (Å²) >= 11 is 0. The maximum absolute atomic E-state index is 12.5. The molecule has 1 fully saturated rings. The van der Waals surface area contributed by atoms with E-state index in [1.807, 2.05) is 4.72 Å². The molecule has 1 aliphatic rings. The van der Waals surface area contributed by atoms with Crippen LogP contribution in [0.3, 0.4) is 0 Å². The van der Waals surface area contributed by atoms with Crippen molar-refractivity contribution in [2.75, 3.05) is 31.5 Å². The van der Waals surface area contributed by atoms with Gasteiger partial charge in [-0.2, -0.15) is 0 Å². The smallest absolute Gasteiger partial charge is 0.293 e. The van der Waals surface area contributed by atoms with Crippen molar-refractivity contribution < 1.29 is 18.1 Å². The fourth-order valence-corrected chi connectivity index (χ4v) is 4.33. The molecule has 1 saturated heterocycles. The number of nitro groups is 1. The molecule has 2 N–H and O–H groups in total. The van der Waals surface area contributed by atoms with Crippen molar-refractivity contribution in [1.82, 2.24) is 9.62 Å². The first-order chi connectivity index (χ1) is 14.4. The molecular formula is C20H24N4O5S. The van der Waals surface area contributed by atoms with Crippen molar-refractivity contribution in [3.63, 3.8) is 0 Å². The second kappa shape index (κ2) is 9.68. The average molecular weight is 433 g/mol. The molecule has 1 amide bonds. The number of nitrogens with zero attached hydrogens (tertiary/aromatic N) is 2. The largest absolute Gasteiger partial charge is 0.379 e. The summed E-state index contributed by atoms with van der Waals surface area (Å²) < 4.78 is 27.0. The van der Waals surface area contributed by atoms with Crippen molar-refractivity contribution in [1.29, 1.82) is 0 Å². The van der Waals surface area contributed by atoms with Crippen molar-refractivity contribution in [3.05, 3.63) is 64.2 Å². The van der Waals surface area contributed by atoms with E-state index in [1.54, 1.807) is 18.2 Å². The number of rotatable bonds is 9. The van der Waals surface area contributed by atoms with E-state index in [0.29, 0.717) is 6.54 Å². The quantitative estimate of drug-likeness (QED) is 0.355. The van der Waals surface area contributed by atoms with Gasteiger partial charge in [0.15, 0.2) is 0 Å². The summed E-state index contributed by atoms with van der Waals surface area (Å²) in [7, 11) is -4.26. The van der Waals surface area contributed by atoms with Crippen LogP contribution in [-0.2, 0) is 10.0 Å². The Morgan fingerprint density at radius 1 is 1.10 bits per heavy atom. The molecule has 2 aromatic rings. The highest BCUT2D eigenvalue weighted by Gasteiger charge is 2.23. The normalized spacial score (nSPS) is 14.4. The number of sulfonamides is 1. The Bertz CT molecular complexity index is 1010. The van der Waals surface area contributed by atoms with Gasteiger partial charge in [0, 0.05) is 18.2 Å². The van der Waals surface area contributed by atoms with Crippen molar-refractivity contribution >= 4 is 27.3 Å². The van der Waals surface area contributed by atoms with Crippen molar-refractivity contribution in [2.45, 2.75) is 24.2 Å². The highest BCUT2D eigenvalue weighted by molar-refractivity contribution is 7.90. The lowest BCUT2D eigenvalue weighted by Gasteiger charge is -2.15. The van der Waals surface area contributed by atoms with E-state index in [1.165, 1.54) is 37.1 Å². The van der Waals surface area contributed by atoms with Gasteiger partial charge < -0.3 is 10.2 Å². The fraction of sp³-hybridized carbons (Fsp3) is 0.350. The zero-order valence-electron chi connectivity index (χ0n) is 16.4. The second-order valence-corrected chi connectivity index (χ2v) is 8.75. The summed E-state index contributed by atoms with van der Waals surface area (Å²) in [6.45, 7) is 3.62. The highest BCUT2D eigenvalue weighted by Crippen LogP contribution is 2.27. The van der Waals surface area contributed by atoms with E-state index in [9.17, 15) is 23.3 Å². The molecule has 0 aliphatic carbocycles. The van der Waals surface area contributed by atoms with Gasteiger partial charge in [-0.25, -0.2) is 13.1 Å². The third-order valence-corrected chi connectivity index (χ3v) is 6.23. The molecule has 9 nitrogen and oxygen atoms in total. The number of nitrogens with one attached hydrogen (secondary N) is 2. The monoisotopic (exact) mass is 432 g/mol. The predicted octanol–water partition coefficient (Wildman–Crippen LogP) is 2.61. The van der Waals surface area contributed by atoms with Gasteiger partial charge in [-0.05, 0) is 63.2 Å². The van der Waals surface area contributed by atoms with Gasteiger partial charge in [0.05, 0.1) is 9.82 Å². The van der Waals surface area contributed by atoms with E-state index in [4.69, 9.17) is 0 Å². The number of benzene rings is 2. The summed E-state index contributed by atoms with van der Waals surface area (Å²) in [6.07, 6.45) is 3.23. The van der Waals surface area contributed by atoms with E-state index >= 15 is 0 Å². The number of nitro benzene ring substituents is 1. The van der Waals surface area contributed by atoms with Crippen LogP contribution in [-0.4, -0.2) is 50.3 Å². The molecule has 0 aromatic heterocycles. The Kier molecular flexibility index (Phi) is 7.01. The Morgan fingerprint density at radius 3 is 2.47 bits per heavy atom. The molecule has 160 valence electrons. The minimum Gasteiger partial charge on any atom is -0.379 e. The standard InChI is InChI=1S/C20H24N4O5S/c25-20(16-7-2-1-3-8-16)22-30(28,29)17-9-10-18(19(15-17)24(26)27)21-11-6-14-23-12-4-5-13-23/h1-3,7-10,15,21H,4-6,11-14H2,(H,22,25). The van der Waals surface area contributed by atoms with Crippen LogP contribution in [0.5, 0.6) is 0 Å². The number of amides is 1. The lowest BCUT2D eigenvalue weighted by molar-refractivity contribution is -0.384. The topological polar surface area (TPSA) is 122 Å². The molecule has 10 heteroatoms. The third kappa shape index (κ3) is 5.55. The first kappa shape index (κ1) is 21.7. The molecule has 0 bridgehead atoms. The zero-order valence-corrected chi connectivity index (χ0v) is 17.2. The van der Waals surface area contributed by atoms with Gasteiger partial charge in [-0.15, -0.1) is 0 Å². The summed E-state index contributed by atoms with van der Waals surface area (Å²) in [5.74, 6) is -0.803. The first-order valence-corrected chi connectivity index (χ1v) is 11.2. The Morgan fingerprint density at radius 2 is 1.80 bits per heavy atom. The molecule has 30 heavy (non-hydrogen) atoms. The minimum atomic E-state index is -4.26. The second-order valence-electron chi connectivity index (χ2n) is 7.07. The minimum absolute atomic E-state index is 0.173. The van der Waals surface area contributed by atoms with Gasteiger partial charge in [0.25, 0.3) is 21.6 Å². The van der Waals surface area contributed by atoms with Gasteiger partial charge in [-0.1, -0.05) is 18.2 Å². The van der Waals surface area contributed by atoms with Crippen LogP contribution in [0.2, 0.25) is 0 Å². The summed E-state index contributed by atoms with van der Waals surface area (Å²) in [5, 5.41) is 14.5. The molecule has 2 aromatic carbocycles. The van der Waals surface area contributed by atoms with Crippen LogP contribution >= 0.6 is 0 Å². The van der Waals surface area contributed by atoms with Gasteiger partial charge in [0.1, 0.15) is 5.69 Å². The van der Waals surface area contributed by atoms with Crippen molar-refractivity contribution in [3.8, 4) is 0 Å². The van der Waals surface area contributed by atoms with E-state index in [2.05, 4.69) is 10.2 Å². The van der Waals surface area contributed by atoms with Crippen molar-refractivity contribution in [2.24, 2.45) is 0 Å². The molecular weight excluding hydrogens is 408 g/mol. The molecule has 0 saturated carbocycles. The van der Waals surface area contributed by atoms with Crippen LogP contribution < -0.4 is 10.0 Å². The number of likely N-dealkylation sites (tertiary alicyclic amines) is 1. The Labute approximate surface area is 175 Å². The zero-order chi connectivity index (χ0) is 21.6. The number of carbonyl (C=O) groups excluding carboxylic acids is 1. The van der Waals surface area contributed by atoms with Gasteiger partial charge in [-0.3, -0.25) is 14.9 Å². The lowest BCUT2D eigenvalue weighted by atomic mass is 10.2. The molecule has 0 atom stereocenters. The fourth-order valence-electron chi connectivity index (χ4n) is 3.34. The van der Waals surface area contributed by atoms with Gasteiger partial charge >= 0.3 is 0 Å². The first-order valence-electron chi connectivity index (χ1n) is 9.74. The van der Waals surface area contributed by atoms with E-state index < -0.39 is 20.9 Å². The van der Waals surface area contributed by atoms with E-state index in [-0.39, 0.29) is 21.8 Å². The number of carbonyl (C=O) groups is 1. The summed E-state index contributed by atoms with van der Waals surface area (Å²) in [4.78, 5) is 25.0. The predicted molar refractivity (Wildman–Crippen MR) is 113 cm³/mol. The number of anilines is 1. The molecule has 3 rings (SSSR count). The van der Waals surface area contributed by atoms with Gasteiger partial charge in [0.2, 0.25) is 0 Å². The van der Waals surface area contributed by atoms with E-state index in [0.717, 1.165) is 32.1 Å². The molecule has 1 aliphatic heterocycles. The maximum atomic E-state index is 12.5. The Hall–Kier alpha value is -2.98. The highest BCUT2D eigenvalue weighted by atomic mass is 32.2. The van der Waals surface area contributed by atoms with Crippen LogP contribution in [0, 0.1) is 10.1 Å². The average Bonchev–Trinajstić information content (AvgIpc) is 3.25. The van der Waals surface area contributed by atoms with Crippen LogP contribution in [0.25, 0.3) is 0 Å². The maximum Gasteiger partial charge on any atom is 0.293 e. The molecule has 0 unspecified atom stereocenters. The number of hydrogen-bond donors (Lipinski definition) is 2. The van der Waals surface area contributed by atoms with Crippen LogP contribution in [0.1, 0.15) is 29.6 Å². The third-order valence-electron chi connectivity index (χ3n) is 4.90. The molecule has 0 radical (unpaired) electrons. The lowest BCUT2D eigenvalue weighted by Crippen LogP contribution is -2.30. The van der Waals surface area contributed by atoms with Crippen LogP contribution in [0.15, 0.2) is 53.4 Å². The summed E-state index contributed by atoms with van der Waals surface area (Å²) in [5.41, 5.74) is 0.0628. The molecule has 1 heterocycles. The Balaban J connectivity index is 1.68. The molecule has 0 spiro atoms. The summed E-state index contributed by atoms with van der Waals surface area (Å²) in [6, 6.07) is 11.4. The SMILES string of the molecule is O=C(NS(=O)(=O)c1ccc(NCCCN2CCCC2)c([N+](=O)[O-])c1)c1ccccc1.